The van der Waals surface area contributed by atoms with Crippen molar-refractivity contribution in [3.05, 3.63) is 22.7 Å². The molecule has 0 spiro atoms. The molecule has 1 aromatic rings. The van der Waals surface area contributed by atoms with Crippen LogP contribution in [0.5, 0.6) is 0 Å². The van der Waals surface area contributed by atoms with Crippen molar-refractivity contribution in [2.75, 3.05) is 25.3 Å². The van der Waals surface area contributed by atoms with Crippen molar-refractivity contribution in [2.45, 2.75) is 96.6 Å². The Hall–Kier alpha value is -2.19. The number of hydrogen-bond acceptors (Lipinski definition) is 13. The van der Waals surface area contributed by atoms with Crippen LogP contribution < -0.4 is 21.6 Å². The van der Waals surface area contributed by atoms with Gasteiger partial charge in [-0.05, 0) is 39.7 Å². The molecule has 0 saturated carbocycles. The molecule has 2 rings (SSSR count). The number of nitrogen functional groups attached to an aromatic ring is 1. The van der Waals surface area contributed by atoms with Crippen molar-refractivity contribution >= 4 is 26.0 Å². The molecule has 1 aliphatic heterocycles. The smallest absolute Gasteiger partial charge is 0.351 e. The predicted molar refractivity (Wildman–Crippen MR) is 143 cm³/mol. The number of anilines is 1. The van der Waals surface area contributed by atoms with Gasteiger partial charge in [0.1, 0.15) is 30.1 Å². The Labute approximate surface area is 229 Å². The topological polar surface area (TPSA) is 196 Å². The van der Waals surface area contributed by atoms with Crippen LogP contribution in [0.4, 0.5) is 5.82 Å². The Balaban J connectivity index is 2.13. The van der Waals surface area contributed by atoms with E-state index in [0.29, 0.717) is 13.2 Å². The molecule has 222 valence electrons. The third kappa shape index (κ3) is 9.45. The molecule has 1 aromatic heterocycles. The van der Waals surface area contributed by atoms with Crippen molar-refractivity contribution in [1.29, 1.82) is 0 Å². The summed E-state index contributed by atoms with van der Waals surface area (Å²) in [6.07, 6.45) is 0.000762. The number of carbonyl (C=O) groups excluding carboxylic acids is 2. The first-order valence-electron chi connectivity index (χ1n) is 13.1. The van der Waals surface area contributed by atoms with Gasteiger partial charge in [-0.2, -0.15) is 4.98 Å². The zero-order valence-electron chi connectivity index (χ0n) is 23.2. The monoisotopic (exact) mass is 575 g/mol. The van der Waals surface area contributed by atoms with Crippen LogP contribution >= 0.6 is 8.22 Å². The molecule has 15 heteroatoms. The maximum atomic E-state index is 12.4. The number of aromatic nitrogens is 2. The highest BCUT2D eigenvalue weighted by atomic mass is 31.1. The quantitative estimate of drug-likeness (QED) is 0.105. The molecule has 6 N–H and O–H groups in total. The molecule has 0 aromatic carbocycles. The number of carbonyl (C=O) groups is 2. The number of ether oxygens (including phenoxy) is 4. The van der Waals surface area contributed by atoms with Gasteiger partial charge in [0.15, 0.2) is 12.0 Å². The SMILES string of the molecule is CCCCOC(=O)[C@H](C)NP(CO[C@@]1(C)O[C@@H](n2ccc(N)nc2=O)[C@H](O)[C@@H]1O)N[C@@H](C)C(=O)OCCCC. The van der Waals surface area contributed by atoms with Gasteiger partial charge in [-0.1, -0.05) is 26.7 Å². The maximum Gasteiger partial charge on any atom is 0.351 e. The summed E-state index contributed by atoms with van der Waals surface area (Å²) in [7, 11) is -1.60. The fourth-order valence-corrected chi connectivity index (χ4v) is 5.32. The van der Waals surface area contributed by atoms with Crippen molar-refractivity contribution in [3.63, 3.8) is 0 Å². The highest BCUT2D eigenvalue weighted by molar-refractivity contribution is 7.53. The Bertz CT molecular complexity index is 969. The van der Waals surface area contributed by atoms with Crippen LogP contribution in [0.15, 0.2) is 17.1 Å². The minimum atomic E-state index is -1.75. The second kappa shape index (κ2) is 15.6. The van der Waals surface area contributed by atoms with Crippen LogP contribution in [0.25, 0.3) is 0 Å². The minimum Gasteiger partial charge on any atom is -0.465 e. The molecule has 0 bridgehead atoms. The summed E-state index contributed by atoms with van der Waals surface area (Å²) in [4.78, 5) is 40.8. The lowest BCUT2D eigenvalue weighted by Gasteiger charge is -2.32. The van der Waals surface area contributed by atoms with Crippen LogP contribution in [0.1, 0.15) is 66.5 Å². The lowest BCUT2D eigenvalue weighted by atomic mass is 10.1. The average Bonchev–Trinajstić information content (AvgIpc) is 3.11. The Morgan fingerprint density at radius 3 is 2.18 bits per heavy atom. The first-order chi connectivity index (χ1) is 18.4. The van der Waals surface area contributed by atoms with E-state index < -0.39 is 62.2 Å². The molecular weight excluding hydrogens is 533 g/mol. The standard InChI is InChI=1S/C24H42N5O9P/c1-6-8-12-35-21(32)15(3)27-39(28-16(4)22(33)36-13-9-7-2)14-37-24(5)19(31)18(30)20(38-24)29-11-10-17(25)26-23(29)34/h10-11,15-16,18-20,27-28,30-31H,6-9,12-14H2,1-5H3,(H2,25,26,34)/t15-,16-,18+,19-,20+,24-/m0/s1. The van der Waals surface area contributed by atoms with Gasteiger partial charge in [-0.25, -0.2) is 4.79 Å². The summed E-state index contributed by atoms with van der Waals surface area (Å²) in [6.45, 7) is 9.21. The van der Waals surface area contributed by atoms with Gasteiger partial charge in [0.25, 0.3) is 0 Å². The van der Waals surface area contributed by atoms with E-state index >= 15 is 0 Å². The molecule has 6 atom stereocenters. The molecule has 14 nitrogen and oxygen atoms in total. The third-order valence-electron chi connectivity index (χ3n) is 6.00. The van der Waals surface area contributed by atoms with Crippen LogP contribution in [0.2, 0.25) is 0 Å². The zero-order chi connectivity index (χ0) is 29.2. The van der Waals surface area contributed by atoms with Crippen LogP contribution in [-0.4, -0.2) is 81.3 Å². The average molecular weight is 576 g/mol. The maximum absolute atomic E-state index is 12.4. The summed E-state index contributed by atoms with van der Waals surface area (Å²) >= 11 is 0. The number of hydrogen-bond donors (Lipinski definition) is 5. The molecule has 0 amide bonds. The number of rotatable bonds is 16. The Morgan fingerprint density at radius 1 is 1.15 bits per heavy atom. The van der Waals surface area contributed by atoms with E-state index in [0.717, 1.165) is 30.3 Å². The number of nitrogens with one attached hydrogen (secondary N) is 2. The van der Waals surface area contributed by atoms with Crippen molar-refractivity contribution in [1.82, 2.24) is 19.7 Å². The van der Waals surface area contributed by atoms with E-state index in [2.05, 4.69) is 15.2 Å². The van der Waals surface area contributed by atoms with Crippen molar-refractivity contribution < 1.29 is 38.7 Å². The number of esters is 2. The summed E-state index contributed by atoms with van der Waals surface area (Å²) < 4.78 is 23.3. The van der Waals surface area contributed by atoms with E-state index in [9.17, 15) is 24.6 Å². The fourth-order valence-electron chi connectivity index (χ4n) is 3.57. The second-order valence-electron chi connectivity index (χ2n) is 9.45. The number of nitrogens with zero attached hydrogens (tertiary/aromatic N) is 2. The van der Waals surface area contributed by atoms with Gasteiger partial charge in [-0.3, -0.25) is 24.3 Å². The first kappa shape index (κ1) is 33.0. The van der Waals surface area contributed by atoms with Crippen LogP contribution in [-0.2, 0) is 28.5 Å². The Morgan fingerprint density at radius 2 is 1.69 bits per heavy atom. The van der Waals surface area contributed by atoms with Crippen LogP contribution in [0, 0.1) is 0 Å². The van der Waals surface area contributed by atoms with Gasteiger partial charge >= 0.3 is 17.6 Å². The highest BCUT2D eigenvalue weighted by Gasteiger charge is 2.53. The van der Waals surface area contributed by atoms with E-state index in [1.807, 2.05) is 13.8 Å². The molecule has 1 aliphatic rings. The number of nitrogens with two attached hydrogens (primary N) is 1. The summed E-state index contributed by atoms with van der Waals surface area (Å²) in [5.41, 5.74) is 4.76. The van der Waals surface area contributed by atoms with E-state index in [1.54, 1.807) is 13.8 Å². The third-order valence-corrected chi connectivity index (χ3v) is 7.79. The second-order valence-corrected chi connectivity index (χ2v) is 11.1. The number of unbranched alkanes of at least 4 members (excludes halogenated alkanes) is 2. The molecule has 1 fully saturated rings. The zero-order valence-corrected chi connectivity index (χ0v) is 24.1. The van der Waals surface area contributed by atoms with E-state index in [1.165, 1.54) is 19.2 Å². The lowest BCUT2D eigenvalue weighted by molar-refractivity contribution is -0.246. The summed E-state index contributed by atoms with van der Waals surface area (Å²) in [6, 6.07) is -0.130. The summed E-state index contributed by atoms with van der Waals surface area (Å²) in [5.74, 6) is -2.68. The number of aliphatic hydroxyl groups excluding tert-OH is 2. The predicted octanol–water partition coefficient (Wildman–Crippen LogP) is 0.721. The van der Waals surface area contributed by atoms with Gasteiger partial charge < -0.3 is 34.9 Å². The van der Waals surface area contributed by atoms with Gasteiger partial charge in [0.05, 0.1) is 27.8 Å². The number of aliphatic hydroxyl groups is 2. The molecule has 0 radical (unpaired) electrons. The Kier molecular flexibility index (Phi) is 13.2. The fraction of sp³-hybridized carbons (Fsp3) is 0.750. The summed E-state index contributed by atoms with van der Waals surface area (Å²) in [5, 5.41) is 27.6. The minimum absolute atomic E-state index is 0.00392. The first-order valence-corrected chi connectivity index (χ1v) is 14.6. The van der Waals surface area contributed by atoms with Crippen molar-refractivity contribution in [2.24, 2.45) is 0 Å². The molecule has 1 saturated heterocycles. The normalized spacial score (nSPS) is 24.5. The molecule has 0 unspecified atom stereocenters. The molecule has 0 aliphatic carbocycles. The van der Waals surface area contributed by atoms with Gasteiger partial charge in [0, 0.05) is 6.20 Å². The van der Waals surface area contributed by atoms with Gasteiger partial charge in [0.2, 0.25) is 0 Å². The van der Waals surface area contributed by atoms with Gasteiger partial charge in [-0.15, -0.1) is 0 Å². The molecule has 2 heterocycles. The molecular formula is C24H42N5O9P. The van der Waals surface area contributed by atoms with Crippen molar-refractivity contribution in [3.8, 4) is 0 Å². The van der Waals surface area contributed by atoms with Crippen LogP contribution in [0.3, 0.4) is 0 Å². The van der Waals surface area contributed by atoms with E-state index in [-0.39, 0.29) is 12.2 Å². The lowest BCUT2D eigenvalue weighted by Crippen LogP contribution is -2.45. The highest BCUT2D eigenvalue weighted by Crippen LogP contribution is 2.40. The van der Waals surface area contributed by atoms with E-state index in [4.69, 9.17) is 24.7 Å². The largest absolute Gasteiger partial charge is 0.465 e. The molecule has 39 heavy (non-hydrogen) atoms.